The van der Waals surface area contributed by atoms with Crippen molar-refractivity contribution in [3.63, 3.8) is 0 Å². The van der Waals surface area contributed by atoms with E-state index in [1.807, 2.05) is 12.1 Å². The van der Waals surface area contributed by atoms with Gasteiger partial charge < -0.3 is 15.1 Å². The van der Waals surface area contributed by atoms with Crippen LogP contribution in [0.2, 0.25) is 0 Å². The molecule has 0 bridgehead atoms. The lowest BCUT2D eigenvalue weighted by Gasteiger charge is -2.21. The van der Waals surface area contributed by atoms with Crippen molar-refractivity contribution in [2.75, 3.05) is 18.4 Å². The van der Waals surface area contributed by atoms with Crippen LogP contribution in [0.25, 0.3) is 22.6 Å². The molecule has 3 aromatic rings. The number of benzene rings is 2. The SMILES string of the molecule is O=C(Nc1ccc2nc(-c3ccc(F)cc3)oc2c1)C1CCNCC1. The van der Waals surface area contributed by atoms with Gasteiger partial charge in [0.2, 0.25) is 11.8 Å². The summed E-state index contributed by atoms with van der Waals surface area (Å²) >= 11 is 0. The zero-order valence-corrected chi connectivity index (χ0v) is 13.6. The standard InChI is InChI=1S/C19H18FN3O2/c20-14-3-1-13(2-4-14)19-23-16-6-5-15(11-17(16)25-19)22-18(24)12-7-9-21-10-8-12/h1-6,11-12,21H,7-10H2,(H,22,24). The number of fused-ring (bicyclic) bond motifs is 1. The van der Waals surface area contributed by atoms with Crippen LogP contribution < -0.4 is 10.6 Å². The summed E-state index contributed by atoms with van der Waals surface area (Å²) in [6.07, 6.45) is 1.70. The molecule has 5 nitrogen and oxygen atoms in total. The normalized spacial score (nSPS) is 15.4. The van der Waals surface area contributed by atoms with Gasteiger partial charge >= 0.3 is 0 Å². The molecule has 2 N–H and O–H groups in total. The fraction of sp³-hybridized carbons (Fsp3) is 0.263. The van der Waals surface area contributed by atoms with Crippen molar-refractivity contribution >= 4 is 22.7 Å². The Bertz CT molecular complexity index is 899. The molecule has 128 valence electrons. The third-order valence-corrected chi connectivity index (χ3v) is 4.46. The molecule has 2 heterocycles. The first-order valence-corrected chi connectivity index (χ1v) is 8.37. The van der Waals surface area contributed by atoms with Crippen molar-refractivity contribution < 1.29 is 13.6 Å². The maximum absolute atomic E-state index is 13.0. The van der Waals surface area contributed by atoms with E-state index in [2.05, 4.69) is 15.6 Å². The van der Waals surface area contributed by atoms with Crippen LogP contribution in [0.3, 0.4) is 0 Å². The molecule has 6 heteroatoms. The molecule has 0 spiro atoms. The number of aromatic nitrogens is 1. The zero-order chi connectivity index (χ0) is 17.2. The first-order chi connectivity index (χ1) is 12.2. The highest BCUT2D eigenvalue weighted by atomic mass is 19.1. The average Bonchev–Trinajstić information content (AvgIpc) is 3.06. The number of hydrogen-bond acceptors (Lipinski definition) is 4. The summed E-state index contributed by atoms with van der Waals surface area (Å²) in [6.45, 7) is 1.75. The molecule has 0 unspecified atom stereocenters. The van der Waals surface area contributed by atoms with Crippen molar-refractivity contribution in [1.29, 1.82) is 0 Å². The minimum absolute atomic E-state index is 0.0409. The molecule has 1 aliphatic heterocycles. The third kappa shape index (κ3) is 3.39. The van der Waals surface area contributed by atoms with Crippen molar-refractivity contribution in [1.82, 2.24) is 10.3 Å². The number of nitrogens with one attached hydrogen (secondary N) is 2. The second kappa shape index (κ2) is 6.64. The van der Waals surface area contributed by atoms with Crippen LogP contribution in [-0.4, -0.2) is 24.0 Å². The van der Waals surface area contributed by atoms with Gasteiger partial charge in [-0.15, -0.1) is 0 Å². The number of anilines is 1. The Morgan fingerprint density at radius 2 is 1.92 bits per heavy atom. The van der Waals surface area contributed by atoms with Crippen LogP contribution in [0.4, 0.5) is 10.1 Å². The van der Waals surface area contributed by atoms with Crippen molar-refractivity contribution in [3.8, 4) is 11.5 Å². The van der Waals surface area contributed by atoms with Gasteiger partial charge in [0, 0.05) is 23.2 Å². The summed E-state index contributed by atoms with van der Waals surface area (Å²) in [5.74, 6) is 0.208. The quantitative estimate of drug-likeness (QED) is 0.765. The van der Waals surface area contributed by atoms with E-state index < -0.39 is 0 Å². The molecule has 2 aromatic carbocycles. The van der Waals surface area contributed by atoms with Crippen LogP contribution >= 0.6 is 0 Å². The Kier molecular flexibility index (Phi) is 4.19. The second-order valence-electron chi connectivity index (χ2n) is 6.22. The molecule has 0 atom stereocenters. The number of oxazole rings is 1. The predicted octanol–water partition coefficient (Wildman–Crippen LogP) is 3.57. The van der Waals surface area contributed by atoms with Gasteiger partial charge in [0.05, 0.1) is 0 Å². The Balaban J connectivity index is 1.55. The molecular formula is C19H18FN3O2. The molecule has 0 aliphatic carbocycles. The maximum Gasteiger partial charge on any atom is 0.227 e. The average molecular weight is 339 g/mol. The molecular weight excluding hydrogens is 321 g/mol. The second-order valence-corrected chi connectivity index (χ2v) is 6.22. The lowest BCUT2D eigenvalue weighted by atomic mass is 9.97. The fourth-order valence-corrected chi connectivity index (χ4v) is 3.05. The molecule has 0 radical (unpaired) electrons. The minimum Gasteiger partial charge on any atom is -0.436 e. The van der Waals surface area contributed by atoms with Gasteiger partial charge in [-0.05, 0) is 62.3 Å². The predicted molar refractivity (Wildman–Crippen MR) is 93.6 cm³/mol. The minimum atomic E-state index is -0.303. The van der Waals surface area contributed by atoms with E-state index in [4.69, 9.17) is 4.42 Å². The topological polar surface area (TPSA) is 67.2 Å². The molecule has 0 saturated carbocycles. The lowest BCUT2D eigenvalue weighted by Crippen LogP contribution is -2.34. The summed E-state index contributed by atoms with van der Waals surface area (Å²) in [6, 6.07) is 11.4. The molecule has 1 fully saturated rings. The number of hydrogen-bond donors (Lipinski definition) is 2. The number of halogens is 1. The Morgan fingerprint density at radius 1 is 1.16 bits per heavy atom. The first-order valence-electron chi connectivity index (χ1n) is 8.37. The molecule has 1 saturated heterocycles. The highest BCUT2D eigenvalue weighted by Crippen LogP contribution is 2.27. The Hall–Kier alpha value is -2.73. The molecule has 1 aromatic heterocycles. The largest absolute Gasteiger partial charge is 0.436 e. The van der Waals surface area contributed by atoms with Crippen LogP contribution in [-0.2, 0) is 4.79 Å². The van der Waals surface area contributed by atoms with E-state index in [0.29, 0.717) is 28.2 Å². The number of nitrogens with zero attached hydrogens (tertiary/aromatic N) is 1. The first kappa shape index (κ1) is 15.8. The number of carbonyl (C=O) groups excluding carboxylic acids is 1. The Morgan fingerprint density at radius 3 is 2.68 bits per heavy atom. The fourth-order valence-electron chi connectivity index (χ4n) is 3.05. The summed E-state index contributed by atoms with van der Waals surface area (Å²) in [5, 5.41) is 6.21. The van der Waals surface area contributed by atoms with Gasteiger partial charge in [-0.25, -0.2) is 9.37 Å². The number of piperidine rings is 1. The molecule has 4 rings (SSSR count). The monoisotopic (exact) mass is 339 g/mol. The van der Waals surface area contributed by atoms with Gasteiger partial charge in [0.25, 0.3) is 0 Å². The molecule has 25 heavy (non-hydrogen) atoms. The summed E-state index contributed by atoms with van der Waals surface area (Å²) in [4.78, 5) is 16.8. The van der Waals surface area contributed by atoms with Gasteiger partial charge in [-0.1, -0.05) is 0 Å². The number of rotatable bonds is 3. The molecule has 1 amide bonds. The van der Waals surface area contributed by atoms with Gasteiger partial charge in [0.15, 0.2) is 5.58 Å². The van der Waals surface area contributed by atoms with Gasteiger partial charge in [-0.3, -0.25) is 4.79 Å². The van der Waals surface area contributed by atoms with E-state index >= 15 is 0 Å². The van der Waals surface area contributed by atoms with E-state index in [1.165, 1.54) is 12.1 Å². The summed E-state index contributed by atoms with van der Waals surface area (Å²) < 4.78 is 18.8. The zero-order valence-electron chi connectivity index (χ0n) is 13.6. The van der Waals surface area contributed by atoms with Crippen LogP contribution in [0.15, 0.2) is 46.9 Å². The smallest absolute Gasteiger partial charge is 0.227 e. The van der Waals surface area contributed by atoms with E-state index in [9.17, 15) is 9.18 Å². The molecule has 1 aliphatic rings. The van der Waals surface area contributed by atoms with Crippen molar-refractivity contribution in [3.05, 3.63) is 48.3 Å². The van der Waals surface area contributed by atoms with Crippen LogP contribution in [0, 0.1) is 11.7 Å². The summed E-state index contributed by atoms with van der Waals surface area (Å²) in [7, 11) is 0. The Labute approximate surface area is 144 Å². The van der Waals surface area contributed by atoms with Crippen LogP contribution in [0.5, 0.6) is 0 Å². The summed E-state index contributed by atoms with van der Waals surface area (Å²) in [5.41, 5.74) is 2.68. The number of amides is 1. The number of carbonyl (C=O) groups is 1. The lowest BCUT2D eigenvalue weighted by molar-refractivity contribution is -0.120. The maximum atomic E-state index is 13.0. The third-order valence-electron chi connectivity index (χ3n) is 4.46. The highest BCUT2D eigenvalue weighted by Gasteiger charge is 2.21. The van der Waals surface area contributed by atoms with Crippen molar-refractivity contribution in [2.24, 2.45) is 5.92 Å². The van der Waals surface area contributed by atoms with E-state index in [-0.39, 0.29) is 17.6 Å². The van der Waals surface area contributed by atoms with Gasteiger partial charge in [0.1, 0.15) is 11.3 Å². The van der Waals surface area contributed by atoms with E-state index in [1.54, 1.807) is 18.2 Å². The van der Waals surface area contributed by atoms with Gasteiger partial charge in [-0.2, -0.15) is 0 Å². The van der Waals surface area contributed by atoms with Crippen molar-refractivity contribution in [2.45, 2.75) is 12.8 Å². The highest BCUT2D eigenvalue weighted by molar-refractivity contribution is 5.94. The van der Waals surface area contributed by atoms with Crippen LogP contribution in [0.1, 0.15) is 12.8 Å². The van der Waals surface area contributed by atoms with E-state index in [0.717, 1.165) is 25.9 Å².